The highest BCUT2D eigenvalue weighted by Crippen LogP contribution is 2.39. The molecule has 0 bridgehead atoms. The van der Waals surface area contributed by atoms with Gasteiger partial charge in [-0.3, -0.25) is 0 Å². The molecule has 0 saturated carbocycles. The number of methoxy groups -OCH3 is 2. The summed E-state index contributed by atoms with van der Waals surface area (Å²) in [5, 5.41) is 0. The Bertz CT molecular complexity index is 340. The van der Waals surface area contributed by atoms with Crippen LogP contribution in [0.15, 0.2) is 16.6 Å². The van der Waals surface area contributed by atoms with Crippen LogP contribution in [0.1, 0.15) is 23.7 Å². The fraction of sp³-hybridized carbons (Fsp3) is 0.455. The van der Waals surface area contributed by atoms with E-state index in [1.807, 2.05) is 12.1 Å². The maximum Gasteiger partial charge on any atom is 0.133 e. The predicted molar refractivity (Wildman–Crippen MR) is 69.2 cm³/mol. The van der Waals surface area contributed by atoms with Crippen LogP contribution in [0, 0.1) is 0 Å². The zero-order valence-electron chi connectivity index (χ0n) is 9.01. The van der Waals surface area contributed by atoms with Gasteiger partial charge >= 0.3 is 0 Å². The Balaban J connectivity index is 3.22. The Kier molecular flexibility index (Phi) is 4.93. The summed E-state index contributed by atoms with van der Waals surface area (Å²) >= 11 is 7.05. The van der Waals surface area contributed by atoms with E-state index in [0.29, 0.717) is 0 Å². The summed E-state index contributed by atoms with van der Waals surface area (Å²) in [4.78, 5) is 0.287. The van der Waals surface area contributed by atoms with Gasteiger partial charge in [-0.2, -0.15) is 0 Å². The number of halogens is 2. The van der Waals surface area contributed by atoms with Gasteiger partial charge in [-0.05, 0) is 34.5 Å². The number of benzene rings is 1. The monoisotopic (exact) mass is 336 g/mol. The summed E-state index contributed by atoms with van der Waals surface area (Å²) < 4.78 is 11.5. The van der Waals surface area contributed by atoms with Crippen molar-refractivity contribution >= 4 is 31.9 Å². The lowest BCUT2D eigenvalue weighted by Crippen LogP contribution is -1.96. The third kappa shape index (κ3) is 2.88. The molecule has 0 aromatic heterocycles. The second-order valence-electron chi connectivity index (χ2n) is 3.10. The number of alkyl halides is 1. The highest BCUT2D eigenvalue weighted by atomic mass is 79.9. The molecule has 0 radical (unpaired) electrons. The molecule has 0 heterocycles. The molecular formula is C11H14Br2O2. The number of hydrogen-bond donors (Lipinski definition) is 0. The van der Waals surface area contributed by atoms with Crippen LogP contribution in [0.25, 0.3) is 0 Å². The molecule has 1 aromatic rings. The summed E-state index contributed by atoms with van der Waals surface area (Å²) in [5.41, 5.74) is 1.11. The third-order valence-corrected chi connectivity index (χ3v) is 3.96. The van der Waals surface area contributed by atoms with Crippen molar-refractivity contribution in [2.45, 2.75) is 18.2 Å². The first-order valence-electron chi connectivity index (χ1n) is 4.69. The fourth-order valence-corrected chi connectivity index (χ4v) is 2.19. The molecular weight excluding hydrogens is 324 g/mol. The third-order valence-electron chi connectivity index (χ3n) is 2.20. The summed E-state index contributed by atoms with van der Waals surface area (Å²) in [6.45, 7) is 2.12. The molecule has 0 aliphatic carbocycles. The van der Waals surface area contributed by atoms with E-state index in [1.54, 1.807) is 14.2 Å². The minimum absolute atomic E-state index is 0.287. The van der Waals surface area contributed by atoms with Crippen LogP contribution in [0.5, 0.6) is 11.5 Å². The van der Waals surface area contributed by atoms with Crippen LogP contribution in [0.2, 0.25) is 0 Å². The van der Waals surface area contributed by atoms with Crippen molar-refractivity contribution < 1.29 is 9.47 Å². The van der Waals surface area contributed by atoms with Crippen molar-refractivity contribution in [3.63, 3.8) is 0 Å². The van der Waals surface area contributed by atoms with E-state index in [0.717, 1.165) is 28.0 Å². The minimum atomic E-state index is 0.287. The Morgan fingerprint density at radius 2 is 1.80 bits per heavy atom. The smallest absolute Gasteiger partial charge is 0.133 e. The van der Waals surface area contributed by atoms with Gasteiger partial charge in [0.1, 0.15) is 11.5 Å². The van der Waals surface area contributed by atoms with E-state index in [-0.39, 0.29) is 4.83 Å². The van der Waals surface area contributed by atoms with E-state index in [2.05, 4.69) is 38.8 Å². The fourth-order valence-electron chi connectivity index (χ4n) is 1.35. The van der Waals surface area contributed by atoms with E-state index >= 15 is 0 Å². The maximum absolute atomic E-state index is 5.33. The van der Waals surface area contributed by atoms with Crippen molar-refractivity contribution in [1.29, 1.82) is 0 Å². The molecule has 0 N–H and O–H groups in total. The first kappa shape index (κ1) is 12.8. The molecule has 15 heavy (non-hydrogen) atoms. The molecule has 4 heteroatoms. The normalized spacial score (nSPS) is 12.3. The Morgan fingerprint density at radius 3 is 2.27 bits per heavy atom. The lowest BCUT2D eigenvalue weighted by atomic mass is 10.1. The highest BCUT2D eigenvalue weighted by molar-refractivity contribution is 9.10. The standard InChI is InChI=1S/C11H14Br2O2/c1-4-8(12)7-5-11(15-3)9(13)6-10(7)14-2/h5-6,8H,4H2,1-3H3. The summed E-state index contributed by atoms with van der Waals surface area (Å²) in [6.07, 6.45) is 1.00. The molecule has 0 amide bonds. The number of ether oxygens (including phenoxy) is 2. The summed E-state index contributed by atoms with van der Waals surface area (Å²) in [5.74, 6) is 1.69. The van der Waals surface area contributed by atoms with Gasteiger partial charge in [0.25, 0.3) is 0 Å². The second-order valence-corrected chi connectivity index (χ2v) is 5.06. The van der Waals surface area contributed by atoms with E-state index in [9.17, 15) is 0 Å². The van der Waals surface area contributed by atoms with Gasteiger partial charge in [0.05, 0.1) is 18.7 Å². The quantitative estimate of drug-likeness (QED) is 0.762. The second kappa shape index (κ2) is 5.75. The molecule has 0 saturated heterocycles. The predicted octanol–water partition coefficient (Wildman–Crippen LogP) is 4.31. The molecule has 0 fully saturated rings. The molecule has 0 aliphatic heterocycles. The Hall–Kier alpha value is -0.220. The summed E-state index contributed by atoms with van der Waals surface area (Å²) in [6, 6.07) is 3.92. The molecule has 0 spiro atoms. The maximum atomic E-state index is 5.33. The van der Waals surface area contributed by atoms with Gasteiger partial charge in [-0.15, -0.1) is 0 Å². The van der Waals surface area contributed by atoms with Crippen LogP contribution in [0.3, 0.4) is 0 Å². The lowest BCUT2D eigenvalue weighted by Gasteiger charge is -2.15. The largest absolute Gasteiger partial charge is 0.496 e. The van der Waals surface area contributed by atoms with Crippen LogP contribution >= 0.6 is 31.9 Å². The number of rotatable bonds is 4. The first-order chi connectivity index (χ1) is 7.13. The molecule has 1 rings (SSSR count). The van der Waals surface area contributed by atoms with E-state index < -0.39 is 0 Å². The van der Waals surface area contributed by atoms with Gasteiger partial charge in [0.15, 0.2) is 0 Å². The molecule has 1 aromatic carbocycles. The summed E-state index contributed by atoms with van der Waals surface area (Å²) in [7, 11) is 3.33. The SMILES string of the molecule is CCC(Br)c1cc(OC)c(Br)cc1OC. The Morgan fingerprint density at radius 1 is 1.20 bits per heavy atom. The van der Waals surface area contributed by atoms with Crippen molar-refractivity contribution in [3.05, 3.63) is 22.2 Å². The molecule has 84 valence electrons. The van der Waals surface area contributed by atoms with Crippen LogP contribution in [-0.4, -0.2) is 14.2 Å². The lowest BCUT2D eigenvalue weighted by molar-refractivity contribution is 0.396. The first-order valence-corrected chi connectivity index (χ1v) is 6.40. The van der Waals surface area contributed by atoms with Crippen molar-refractivity contribution in [2.24, 2.45) is 0 Å². The topological polar surface area (TPSA) is 18.5 Å². The van der Waals surface area contributed by atoms with Gasteiger partial charge in [0.2, 0.25) is 0 Å². The molecule has 0 aliphatic rings. The molecule has 1 unspecified atom stereocenters. The number of hydrogen-bond acceptors (Lipinski definition) is 2. The van der Waals surface area contributed by atoms with Gasteiger partial charge in [0, 0.05) is 10.4 Å². The van der Waals surface area contributed by atoms with Gasteiger partial charge < -0.3 is 9.47 Å². The van der Waals surface area contributed by atoms with E-state index in [4.69, 9.17) is 9.47 Å². The zero-order valence-corrected chi connectivity index (χ0v) is 12.2. The zero-order chi connectivity index (χ0) is 11.4. The van der Waals surface area contributed by atoms with Crippen molar-refractivity contribution in [3.8, 4) is 11.5 Å². The van der Waals surface area contributed by atoms with Gasteiger partial charge in [-0.25, -0.2) is 0 Å². The van der Waals surface area contributed by atoms with Crippen LogP contribution in [0.4, 0.5) is 0 Å². The van der Waals surface area contributed by atoms with Crippen molar-refractivity contribution in [1.82, 2.24) is 0 Å². The molecule has 1 atom stereocenters. The average molecular weight is 338 g/mol. The van der Waals surface area contributed by atoms with Crippen LogP contribution in [-0.2, 0) is 0 Å². The average Bonchev–Trinajstić information content (AvgIpc) is 2.27. The highest BCUT2D eigenvalue weighted by Gasteiger charge is 2.14. The van der Waals surface area contributed by atoms with Gasteiger partial charge in [-0.1, -0.05) is 22.9 Å². The van der Waals surface area contributed by atoms with Crippen LogP contribution < -0.4 is 9.47 Å². The van der Waals surface area contributed by atoms with Crippen molar-refractivity contribution in [2.75, 3.05) is 14.2 Å². The molecule has 2 nitrogen and oxygen atoms in total. The van der Waals surface area contributed by atoms with E-state index in [1.165, 1.54) is 0 Å². The Labute approximate surface area is 107 Å². The minimum Gasteiger partial charge on any atom is -0.496 e.